The highest BCUT2D eigenvalue weighted by Gasteiger charge is 2.11. The second-order valence-electron chi connectivity index (χ2n) is 4.37. The highest BCUT2D eigenvalue weighted by Crippen LogP contribution is 2.25. The van der Waals surface area contributed by atoms with E-state index in [1.807, 2.05) is 24.3 Å². The summed E-state index contributed by atoms with van der Waals surface area (Å²) in [6.45, 7) is 1.99. The van der Waals surface area contributed by atoms with Gasteiger partial charge in [0.25, 0.3) is 0 Å². The molecule has 0 saturated heterocycles. The van der Waals surface area contributed by atoms with Crippen LogP contribution in [-0.4, -0.2) is 29.7 Å². The molecule has 2 N–H and O–H groups in total. The van der Waals surface area contributed by atoms with Crippen LogP contribution >= 0.6 is 0 Å². The Kier molecular flexibility index (Phi) is 3.85. The minimum atomic E-state index is -0.828. The summed E-state index contributed by atoms with van der Waals surface area (Å²) >= 11 is 0. The second kappa shape index (κ2) is 5.56. The third-order valence-electron chi connectivity index (χ3n) is 2.97. The Morgan fingerprint density at radius 2 is 2.26 bits per heavy atom. The van der Waals surface area contributed by atoms with Crippen molar-refractivity contribution >= 4 is 22.6 Å². The summed E-state index contributed by atoms with van der Waals surface area (Å²) in [5, 5.41) is 13.9. The van der Waals surface area contributed by atoms with Crippen LogP contribution in [-0.2, 0) is 4.79 Å². The molecule has 5 heteroatoms. The van der Waals surface area contributed by atoms with E-state index in [4.69, 9.17) is 9.84 Å². The number of rotatable bonds is 5. The molecule has 0 fully saturated rings. The molecule has 0 aliphatic heterocycles. The molecule has 1 heterocycles. The topological polar surface area (TPSA) is 71.5 Å². The quantitative estimate of drug-likeness (QED) is 0.863. The molecule has 2 aromatic rings. The molecule has 0 amide bonds. The zero-order valence-corrected chi connectivity index (χ0v) is 10.9. The third-order valence-corrected chi connectivity index (χ3v) is 2.97. The summed E-state index contributed by atoms with van der Waals surface area (Å²) in [6, 6.07) is 7.62. The Morgan fingerprint density at radius 1 is 1.47 bits per heavy atom. The minimum Gasteiger partial charge on any atom is -0.497 e. The first-order valence-corrected chi connectivity index (χ1v) is 6.01. The molecule has 0 bridgehead atoms. The zero-order chi connectivity index (χ0) is 13.8. The van der Waals surface area contributed by atoms with Crippen molar-refractivity contribution in [3.05, 3.63) is 30.5 Å². The smallest absolute Gasteiger partial charge is 0.308 e. The number of methoxy groups -OCH3 is 1. The zero-order valence-electron chi connectivity index (χ0n) is 10.9. The van der Waals surface area contributed by atoms with Crippen LogP contribution < -0.4 is 10.1 Å². The van der Waals surface area contributed by atoms with Crippen molar-refractivity contribution in [1.82, 2.24) is 4.98 Å². The Labute approximate surface area is 111 Å². The van der Waals surface area contributed by atoms with E-state index in [2.05, 4.69) is 10.3 Å². The number of carboxylic acid groups (broad SMARTS) is 1. The maximum atomic E-state index is 10.8. The second-order valence-corrected chi connectivity index (χ2v) is 4.37. The molecule has 0 radical (unpaired) electrons. The molecule has 1 atom stereocenters. The standard InChI is InChI=1S/C14H16N2O3/c1-9(14(17)18)8-16-13-12-7-11(19-2)4-3-10(12)5-6-15-13/h3-7,9H,8H2,1-2H3,(H,15,16)(H,17,18). The van der Waals surface area contributed by atoms with Gasteiger partial charge in [-0.2, -0.15) is 0 Å². The predicted molar refractivity (Wildman–Crippen MR) is 73.6 cm³/mol. The van der Waals surface area contributed by atoms with Crippen LogP contribution in [0.5, 0.6) is 5.75 Å². The summed E-state index contributed by atoms with van der Waals surface area (Å²) < 4.78 is 5.19. The van der Waals surface area contributed by atoms with Gasteiger partial charge < -0.3 is 15.2 Å². The fourth-order valence-electron chi connectivity index (χ4n) is 1.75. The number of aliphatic carboxylic acids is 1. The van der Waals surface area contributed by atoms with Crippen molar-refractivity contribution < 1.29 is 14.6 Å². The number of carboxylic acids is 1. The number of pyridine rings is 1. The van der Waals surface area contributed by atoms with Crippen molar-refractivity contribution in [2.75, 3.05) is 19.0 Å². The largest absolute Gasteiger partial charge is 0.497 e. The minimum absolute atomic E-state index is 0.332. The average Bonchev–Trinajstić information content (AvgIpc) is 2.43. The van der Waals surface area contributed by atoms with Crippen LogP contribution in [0.2, 0.25) is 0 Å². The van der Waals surface area contributed by atoms with E-state index >= 15 is 0 Å². The Balaban J connectivity index is 2.29. The number of aromatic nitrogens is 1. The molecule has 100 valence electrons. The van der Waals surface area contributed by atoms with E-state index in [-0.39, 0.29) is 0 Å². The number of nitrogens with zero attached hydrogens (tertiary/aromatic N) is 1. The first-order valence-electron chi connectivity index (χ1n) is 6.01. The molecule has 0 aliphatic rings. The van der Waals surface area contributed by atoms with E-state index < -0.39 is 11.9 Å². The first-order chi connectivity index (χ1) is 9.11. The van der Waals surface area contributed by atoms with Gasteiger partial charge in [-0.15, -0.1) is 0 Å². The monoisotopic (exact) mass is 260 g/mol. The van der Waals surface area contributed by atoms with Crippen LogP contribution in [0.1, 0.15) is 6.92 Å². The number of anilines is 1. The fourth-order valence-corrected chi connectivity index (χ4v) is 1.75. The van der Waals surface area contributed by atoms with Crippen LogP contribution in [0.3, 0.4) is 0 Å². The molecule has 0 aliphatic carbocycles. The van der Waals surface area contributed by atoms with E-state index in [9.17, 15) is 4.79 Å². The fraction of sp³-hybridized carbons (Fsp3) is 0.286. The van der Waals surface area contributed by atoms with Crippen LogP contribution in [0, 0.1) is 5.92 Å². The molecule has 5 nitrogen and oxygen atoms in total. The lowest BCUT2D eigenvalue weighted by Crippen LogP contribution is -2.20. The average molecular weight is 260 g/mol. The highest BCUT2D eigenvalue weighted by molar-refractivity contribution is 5.92. The SMILES string of the molecule is COc1ccc2ccnc(NCC(C)C(=O)O)c2c1. The molecule has 1 aromatic heterocycles. The van der Waals surface area contributed by atoms with Crippen molar-refractivity contribution in [3.63, 3.8) is 0 Å². The number of fused-ring (bicyclic) bond motifs is 1. The maximum Gasteiger partial charge on any atom is 0.308 e. The molecular formula is C14H16N2O3. The van der Waals surface area contributed by atoms with Gasteiger partial charge in [-0.05, 0) is 23.6 Å². The van der Waals surface area contributed by atoms with E-state index in [1.165, 1.54) is 0 Å². The van der Waals surface area contributed by atoms with Crippen molar-refractivity contribution in [1.29, 1.82) is 0 Å². The molecule has 1 aromatic carbocycles. The number of hydrogen-bond donors (Lipinski definition) is 2. The van der Waals surface area contributed by atoms with E-state index in [0.29, 0.717) is 12.4 Å². The predicted octanol–water partition coefficient (Wildman–Crippen LogP) is 2.38. The van der Waals surface area contributed by atoms with Gasteiger partial charge in [-0.25, -0.2) is 4.98 Å². The summed E-state index contributed by atoms with van der Waals surface area (Å²) in [5.74, 6) is 0.118. The normalized spacial score (nSPS) is 12.1. The van der Waals surface area contributed by atoms with Gasteiger partial charge in [0.1, 0.15) is 11.6 Å². The Hall–Kier alpha value is -2.30. The molecule has 19 heavy (non-hydrogen) atoms. The van der Waals surface area contributed by atoms with Crippen molar-refractivity contribution in [2.24, 2.45) is 5.92 Å². The van der Waals surface area contributed by atoms with Gasteiger partial charge >= 0.3 is 5.97 Å². The molecule has 0 saturated carbocycles. The maximum absolute atomic E-state index is 10.8. The third kappa shape index (κ3) is 2.93. The summed E-state index contributed by atoms with van der Waals surface area (Å²) in [4.78, 5) is 15.1. The van der Waals surface area contributed by atoms with Crippen molar-refractivity contribution in [3.8, 4) is 5.75 Å². The van der Waals surface area contributed by atoms with Gasteiger partial charge in [-0.1, -0.05) is 13.0 Å². The molecule has 0 spiro atoms. The van der Waals surface area contributed by atoms with Gasteiger partial charge in [0, 0.05) is 18.1 Å². The first kappa shape index (κ1) is 13.1. The number of hydrogen-bond acceptors (Lipinski definition) is 4. The van der Waals surface area contributed by atoms with Crippen LogP contribution in [0.4, 0.5) is 5.82 Å². The number of benzene rings is 1. The number of carbonyl (C=O) groups is 1. The van der Waals surface area contributed by atoms with Gasteiger partial charge in [-0.3, -0.25) is 4.79 Å². The highest BCUT2D eigenvalue weighted by atomic mass is 16.5. The van der Waals surface area contributed by atoms with E-state index in [1.54, 1.807) is 20.2 Å². The summed E-state index contributed by atoms with van der Waals surface area (Å²) in [6.07, 6.45) is 1.70. The number of ether oxygens (including phenoxy) is 1. The lowest BCUT2D eigenvalue weighted by Gasteiger charge is -2.11. The van der Waals surface area contributed by atoms with Crippen LogP contribution in [0.25, 0.3) is 10.8 Å². The molecular weight excluding hydrogens is 244 g/mol. The number of nitrogens with one attached hydrogen (secondary N) is 1. The van der Waals surface area contributed by atoms with Gasteiger partial charge in [0.2, 0.25) is 0 Å². The lowest BCUT2D eigenvalue weighted by atomic mass is 10.1. The van der Waals surface area contributed by atoms with Gasteiger partial charge in [0.15, 0.2) is 0 Å². The van der Waals surface area contributed by atoms with Gasteiger partial charge in [0.05, 0.1) is 13.0 Å². The molecule has 1 unspecified atom stereocenters. The lowest BCUT2D eigenvalue weighted by molar-refractivity contribution is -0.140. The Bertz CT molecular complexity index is 598. The molecule has 2 rings (SSSR count). The Morgan fingerprint density at radius 3 is 2.95 bits per heavy atom. The summed E-state index contributed by atoms with van der Waals surface area (Å²) in [7, 11) is 1.61. The van der Waals surface area contributed by atoms with Crippen molar-refractivity contribution in [2.45, 2.75) is 6.92 Å². The van der Waals surface area contributed by atoms with Crippen LogP contribution in [0.15, 0.2) is 30.5 Å². The van der Waals surface area contributed by atoms with E-state index in [0.717, 1.165) is 16.5 Å². The summed E-state index contributed by atoms with van der Waals surface area (Å²) in [5.41, 5.74) is 0.